The van der Waals surface area contributed by atoms with Crippen molar-refractivity contribution in [2.24, 2.45) is 0 Å². The van der Waals surface area contributed by atoms with Crippen molar-refractivity contribution in [3.8, 4) is 5.75 Å². The number of rotatable bonds is 4. The molecule has 1 aliphatic carbocycles. The minimum absolute atomic E-state index is 0.131. The van der Waals surface area contributed by atoms with E-state index in [2.05, 4.69) is 0 Å². The van der Waals surface area contributed by atoms with Crippen LogP contribution in [0.5, 0.6) is 5.75 Å². The lowest BCUT2D eigenvalue weighted by Crippen LogP contribution is -2.35. The molecule has 0 radical (unpaired) electrons. The average molecular weight is 294 g/mol. The van der Waals surface area contributed by atoms with Crippen LogP contribution >= 0.6 is 0 Å². The van der Waals surface area contributed by atoms with Gasteiger partial charge in [-0.15, -0.1) is 0 Å². The monoisotopic (exact) mass is 294 g/mol. The first-order valence-electron chi connectivity index (χ1n) is 7.09. The van der Waals surface area contributed by atoms with Gasteiger partial charge < -0.3 is 4.74 Å². The Morgan fingerprint density at radius 1 is 1.05 bits per heavy atom. The van der Waals surface area contributed by atoms with Gasteiger partial charge in [0.05, 0.1) is 11.9 Å². The van der Waals surface area contributed by atoms with Crippen LogP contribution in [0.4, 0.5) is 0 Å². The molecule has 2 aliphatic rings. The van der Waals surface area contributed by atoms with E-state index in [1.807, 2.05) is 0 Å². The van der Waals surface area contributed by atoms with Gasteiger partial charge in [-0.3, -0.25) is 4.79 Å². The van der Waals surface area contributed by atoms with E-state index in [9.17, 15) is 13.2 Å². The molecule has 1 heterocycles. The topological polar surface area (TPSA) is 60.4 Å². The molecule has 1 saturated carbocycles. The zero-order valence-corrected chi connectivity index (χ0v) is 12.1. The first-order chi connectivity index (χ1) is 9.56. The molecule has 1 atom stereocenters. The van der Waals surface area contributed by atoms with Crippen LogP contribution in [-0.2, 0) is 9.84 Å². The Kier molecular flexibility index (Phi) is 3.54. The number of hydrogen-bond donors (Lipinski definition) is 0. The van der Waals surface area contributed by atoms with Gasteiger partial charge in [0.1, 0.15) is 11.0 Å². The maximum atomic E-state index is 12.3. The third-order valence-electron chi connectivity index (χ3n) is 3.84. The summed E-state index contributed by atoms with van der Waals surface area (Å²) in [4.78, 5) is 12.3. The highest BCUT2D eigenvalue weighted by Crippen LogP contribution is 2.28. The summed E-state index contributed by atoms with van der Waals surface area (Å²) in [5.74, 6) is 0.602. The fourth-order valence-electron chi connectivity index (χ4n) is 2.51. The van der Waals surface area contributed by atoms with Crippen LogP contribution < -0.4 is 4.74 Å². The molecule has 1 saturated heterocycles. The fourth-order valence-corrected chi connectivity index (χ4v) is 4.39. The standard InChI is InChI=1S/C15H18O4S/c16-15(14-3-1-2-10-20(14,17)18)11-4-6-12(7-5-11)19-13-8-9-13/h4-7,13-14H,1-3,8-10H2. The molecule has 0 bridgehead atoms. The zero-order valence-electron chi connectivity index (χ0n) is 11.2. The average Bonchev–Trinajstić information content (AvgIpc) is 3.22. The summed E-state index contributed by atoms with van der Waals surface area (Å²) in [5, 5.41) is -0.855. The maximum absolute atomic E-state index is 12.3. The number of hydrogen-bond acceptors (Lipinski definition) is 4. The molecule has 1 aromatic carbocycles. The van der Waals surface area contributed by atoms with Crippen molar-refractivity contribution in [1.29, 1.82) is 0 Å². The van der Waals surface area contributed by atoms with E-state index in [0.29, 0.717) is 24.5 Å². The van der Waals surface area contributed by atoms with Crippen molar-refractivity contribution in [2.75, 3.05) is 5.75 Å². The number of ether oxygens (including phenoxy) is 1. The van der Waals surface area contributed by atoms with E-state index in [4.69, 9.17) is 4.74 Å². The second-order valence-electron chi connectivity index (χ2n) is 5.56. The second kappa shape index (κ2) is 5.20. The molecule has 108 valence electrons. The van der Waals surface area contributed by atoms with Gasteiger partial charge in [0.2, 0.25) is 0 Å². The molecule has 4 nitrogen and oxygen atoms in total. The van der Waals surface area contributed by atoms with Gasteiger partial charge in [-0.25, -0.2) is 8.42 Å². The summed E-state index contributed by atoms with van der Waals surface area (Å²) >= 11 is 0. The fraction of sp³-hybridized carbons (Fsp3) is 0.533. The van der Waals surface area contributed by atoms with Crippen LogP contribution in [0.15, 0.2) is 24.3 Å². The Balaban J connectivity index is 1.75. The van der Waals surface area contributed by atoms with Gasteiger partial charge in [-0.1, -0.05) is 6.42 Å². The first kappa shape index (κ1) is 13.6. The predicted molar refractivity (Wildman–Crippen MR) is 75.8 cm³/mol. The summed E-state index contributed by atoms with van der Waals surface area (Å²) in [5.41, 5.74) is 0.462. The van der Waals surface area contributed by atoms with Gasteiger partial charge in [-0.05, 0) is 49.9 Å². The summed E-state index contributed by atoms with van der Waals surface area (Å²) in [6, 6.07) is 6.84. The Bertz CT molecular complexity index is 599. The molecule has 1 aromatic rings. The van der Waals surface area contributed by atoms with Gasteiger partial charge in [0, 0.05) is 5.56 Å². The Morgan fingerprint density at radius 3 is 2.35 bits per heavy atom. The Morgan fingerprint density at radius 2 is 1.75 bits per heavy atom. The van der Waals surface area contributed by atoms with Crippen LogP contribution in [-0.4, -0.2) is 31.3 Å². The highest BCUT2D eigenvalue weighted by atomic mass is 32.2. The van der Waals surface area contributed by atoms with Crippen molar-refractivity contribution in [2.45, 2.75) is 43.5 Å². The van der Waals surface area contributed by atoms with E-state index in [1.54, 1.807) is 24.3 Å². The van der Waals surface area contributed by atoms with Crippen LogP contribution in [0.1, 0.15) is 42.5 Å². The molecule has 1 aliphatic heterocycles. The molecule has 20 heavy (non-hydrogen) atoms. The zero-order chi connectivity index (χ0) is 14.2. The molecule has 0 N–H and O–H groups in total. The largest absolute Gasteiger partial charge is 0.490 e. The summed E-state index contributed by atoms with van der Waals surface area (Å²) in [7, 11) is -3.27. The quantitative estimate of drug-likeness (QED) is 0.800. The van der Waals surface area contributed by atoms with E-state index >= 15 is 0 Å². The molecular weight excluding hydrogens is 276 g/mol. The van der Waals surface area contributed by atoms with E-state index in [1.165, 1.54) is 0 Å². The van der Waals surface area contributed by atoms with Crippen molar-refractivity contribution in [1.82, 2.24) is 0 Å². The number of carbonyl (C=O) groups is 1. The number of sulfone groups is 1. The molecule has 3 rings (SSSR count). The lowest BCUT2D eigenvalue weighted by atomic mass is 10.0. The van der Waals surface area contributed by atoms with Crippen molar-refractivity contribution >= 4 is 15.6 Å². The summed E-state index contributed by atoms with van der Waals surface area (Å²) in [6.45, 7) is 0. The molecule has 1 unspecified atom stereocenters. The van der Waals surface area contributed by atoms with Gasteiger partial charge >= 0.3 is 0 Å². The highest BCUT2D eigenvalue weighted by Gasteiger charge is 2.35. The van der Waals surface area contributed by atoms with E-state index in [0.717, 1.165) is 25.0 Å². The van der Waals surface area contributed by atoms with Crippen LogP contribution in [0.25, 0.3) is 0 Å². The third kappa shape index (κ3) is 2.87. The minimum Gasteiger partial charge on any atom is -0.490 e. The van der Waals surface area contributed by atoms with Crippen molar-refractivity contribution in [3.63, 3.8) is 0 Å². The van der Waals surface area contributed by atoms with Crippen LogP contribution in [0, 0.1) is 0 Å². The first-order valence-corrected chi connectivity index (χ1v) is 8.80. The number of ketones is 1. The Labute approximate surface area is 119 Å². The lowest BCUT2D eigenvalue weighted by molar-refractivity contribution is 0.0981. The van der Waals surface area contributed by atoms with Crippen LogP contribution in [0.3, 0.4) is 0 Å². The Hall–Kier alpha value is -1.36. The molecule has 0 amide bonds. The van der Waals surface area contributed by atoms with Crippen molar-refractivity contribution in [3.05, 3.63) is 29.8 Å². The normalized spacial score (nSPS) is 25.1. The lowest BCUT2D eigenvalue weighted by Gasteiger charge is -2.21. The van der Waals surface area contributed by atoms with E-state index in [-0.39, 0.29) is 11.5 Å². The summed E-state index contributed by atoms with van der Waals surface area (Å²) in [6.07, 6.45) is 4.40. The van der Waals surface area contributed by atoms with Gasteiger partial charge in [-0.2, -0.15) is 0 Å². The third-order valence-corrected chi connectivity index (χ3v) is 6.01. The maximum Gasteiger partial charge on any atom is 0.180 e. The molecule has 0 aromatic heterocycles. The number of Topliss-reactive ketones (excluding diaryl/α,β-unsaturated/α-hetero) is 1. The smallest absolute Gasteiger partial charge is 0.180 e. The second-order valence-corrected chi connectivity index (χ2v) is 7.86. The highest BCUT2D eigenvalue weighted by molar-refractivity contribution is 7.92. The van der Waals surface area contributed by atoms with Crippen molar-refractivity contribution < 1.29 is 17.9 Å². The van der Waals surface area contributed by atoms with E-state index < -0.39 is 15.1 Å². The summed E-state index contributed by atoms with van der Waals surface area (Å²) < 4.78 is 29.6. The molecule has 0 spiro atoms. The SMILES string of the molecule is O=C(c1ccc(OC2CC2)cc1)C1CCCCS1(=O)=O. The molecular formula is C15H18O4S. The minimum atomic E-state index is -3.27. The van der Waals surface area contributed by atoms with Gasteiger partial charge in [0.15, 0.2) is 15.6 Å². The number of benzene rings is 1. The van der Waals surface area contributed by atoms with Crippen LogP contribution in [0.2, 0.25) is 0 Å². The number of carbonyl (C=O) groups excluding carboxylic acids is 1. The molecule has 2 fully saturated rings. The molecule has 5 heteroatoms. The predicted octanol–water partition coefficient (Wildman–Crippen LogP) is 2.38. The van der Waals surface area contributed by atoms with Gasteiger partial charge in [0.25, 0.3) is 0 Å².